The zero-order valence-corrected chi connectivity index (χ0v) is 15.9. The number of benzene rings is 1. The van der Waals surface area contributed by atoms with Crippen LogP contribution in [-0.4, -0.2) is 57.0 Å². The number of nitrogens with zero attached hydrogens (tertiary/aromatic N) is 1. The van der Waals surface area contributed by atoms with E-state index in [0.717, 1.165) is 17.0 Å². The highest BCUT2D eigenvalue weighted by Gasteiger charge is 2.49. The fourth-order valence-corrected chi connectivity index (χ4v) is 5.79. The maximum absolute atomic E-state index is 13.6. The number of hydrogen-bond donors (Lipinski definition) is 1. The molecule has 0 unspecified atom stereocenters. The van der Waals surface area contributed by atoms with Gasteiger partial charge in [-0.1, -0.05) is 0 Å². The van der Waals surface area contributed by atoms with Crippen molar-refractivity contribution in [3.8, 4) is 0 Å². The zero-order chi connectivity index (χ0) is 21.8. The van der Waals surface area contributed by atoms with Crippen LogP contribution in [0.4, 0.5) is 27.6 Å². The molecule has 2 aliphatic rings. The Morgan fingerprint density at radius 1 is 1.24 bits per heavy atom. The van der Waals surface area contributed by atoms with Crippen molar-refractivity contribution in [2.75, 3.05) is 25.1 Å². The van der Waals surface area contributed by atoms with Crippen molar-refractivity contribution in [1.29, 1.82) is 0 Å². The Labute approximate surface area is 163 Å². The summed E-state index contributed by atoms with van der Waals surface area (Å²) in [6, 6.07) is 2.34. The van der Waals surface area contributed by atoms with E-state index in [0.29, 0.717) is 6.07 Å². The minimum Gasteiger partial charge on any atom is -0.481 e. The van der Waals surface area contributed by atoms with Gasteiger partial charge in [-0.25, -0.2) is 17.2 Å². The number of halogens is 5. The Bertz CT molecular complexity index is 909. The topological polar surface area (TPSA) is 83.9 Å². The number of hydrogen-bond acceptors (Lipinski definition) is 5. The molecule has 1 aromatic rings. The van der Waals surface area contributed by atoms with Crippen LogP contribution in [0.5, 0.6) is 0 Å². The van der Waals surface area contributed by atoms with E-state index in [2.05, 4.69) is 0 Å². The van der Waals surface area contributed by atoms with Gasteiger partial charge in [0.1, 0.15) is 0 Å². The van der Waals surface area contributed by atoms with Crippen molar-refractivity contribution in [3.63, 3.8) is 0 Å². The third kappa shape index (κ3) is 4.04. The van der Waals surface area contributed by atoms with Crippen LogP contribution in [0, 0.1) is 5.92 Å². The number of aliphatic carboxylic acids is 1. The summed E-state index contributed by atoms with van der Waals surface area (Å²) < 4.78 is 97.6. The van der Waals surface area contributed by atoms with Gasteiger partial charge in [-0.2, -0.15) is 13.2 Å². The zero-order valence-electron chi connectivity index (χ0n) is 15.1. The molecule has 0 aromatic heterocycles. The second kappa shape index (κ2) is 7.08. The molecule has 1 aliphatic carbocycles. The summed E-state index contributed by atoms with van der Waals surface area (Å²) in [5, 5.41) is 7.84. The Morgan fingerprint density at radius 2 is 1.86 bits per heavy atom. The third-order valence-corrected chi connectivity index (χ3v) is 7.54. The van der Waals surface area contributed by atoms with Gasteiger partial charge in [-0.15, -0.1) is 0 Å². The van der Waals surface area contributed by atoms with Crippen molar-refractivity contribution >= 4 is 21.5 Å². The van der Waals surface area contributed by atoms with E-state index in [-0.39, 0.29) is 18.5 Å². The molecule has 1 saturated heterocycles. The number of ether oxygens (including phenoxy) is 1. The Kier molecular flexibility index (Phi) is 5.31. The third-order valence-electron chi connectivity index (χ3n) is 5.30. The SMILES string of the molecule is CO[C@@H]1C[C@H](S(=O)(=O)c2ccc(N3CC(F)(F)C3)cc2C(F)(F)F)C[C@H]1C(=O)O. The maximum atomic E-state index is 13.6. The van der Waals surface area contributed by atoms with E-state index >= 15 is 0 Å². The summed E-state index contributed by atoms with van der Waals surface area (Å²) in [5.74, 6) is -5.45. The van der Waals surface area contributed by atoms with Crippen LogP contribution >= 0.6 is 0 Å². The lowest BCUT2D eigenvalue weighted by molar-refractivity contribution is -0.145. The highest BCUT2D eigenvalue weighted by atomic mass is 32.2. The second-order valence-electron chi connectivity index (χ2n) is 7.25. The van der Waals surface area contributed by atoms with Gasteiger partial charge in [0.05, 0.1) is 40.8 Å². The van der Waals surface area contributed by atoms with E-state index in [1.807, 2.05) is 0 Å². The number of carboxylic acids is 1. The fraction of sp³-hybridized carbons (Fsp3) is 0.588. The van der Waals surface area contributed by atoms with Gasteiger partial charge < -0.3 is 14.7 Å². The molecule has 6 nitrogen and oxygen atoms in total. The molecule has 162 valence electrons. The molecule has 0 radical (unpaired) electrons. The first kappa shape index (κ1) is 21.8. The van der Waals surface area contributed by atoms with Crippen LogP contribution in [0.25, 0.3) is 0 Å². The lowest BCUT2D eigenvalue weighted by Gasteiger charge is -2.40. The molecule has 12 heteroatoms. The molecule has 3 atom stereocenters. The summed E-state index contributed by atoms with van der Waals surface area (Å²) in [6.07, 6.45) is -6.62. The fourth-order valence-electron chi connectivity index (χ4n) is 3.79. The molecular formula is C17H18F5NO5S. The molecule has 1 heterocycles. The molecule has 0 bridgehead atoms. The van der Waals surface area contributed by atoms with E-state index in [1.54, 1.807) is 0 Å². The number of rotatable bonds is 5. The summed E-state index contributed by atoms with van der Waals surface area (Å²) >= 11 is 0. The van der Waals surface area contributed by atoms with Crippen LogP contribution in [0.3, 0.4) is 0 Å². The van der Waals surface area contributed by atoms with E-state index in [9.17, 15) is 40.3 Å². The van der Waals surface area contributed by atoms with Crippen LogP contribution in [0.2, 0.25) is 0 Å². The Hall–Kier alpha value is -1.95. The largest absolute Gasteiger partial charge is 0.481 e. The summed E-state index contributed by atoms with van der Waals surface area (Å²) in [5.41, 5.74) is -1.62. The average Bonchev–Trinajstić information content (AvgIpc) is 3.04. The van der Waals surface area contributed by atoms with Gasteiger partial charge in [-0.3, -0.25) is 4.79 Å². The highest BCUT2D eigenvalue weighted by Crippen LogP contribution is 2.43. The van der Waals surface area contributed by atoms with Gasteiger partial charge >= 0.3 is 12.1 Å². The first-order valence-electron chi connectivity index (χ1n) is 8.60. The van der Waals surface area contributed by atoms with Gasteiger partial charge in [-0.05, 0) is 31.0 Å². The van der Waals surface area contributed by atoms with Gasteiger partial charge in [0.25, 0.3) is 5.92 Å². The van der Waals surface area contributed by atoms with Crippen LogP contribution < -0.4 is 4.90 Å². The molecule has 1 N–H and O–H groups in total. The van der Waals surface area contributed by atoms with Crippen LogP contribution in [0.15, 0.2) is 23.1 Å². The number of methoxy groups -OCH3 is 1. The van der Waals surface area contributed by atoms with Crippen molar-refractivity contribution in [1.82, 2.24) is 0 Å². The van der Waals surface area contributed by atoms with Gasteiger partial charge in [0, 0.05) is 12.8 Å². The number of carboxylic acid groups (broad SMARTS) is 1. The predicted octanol–water partition coefficient (Wildman–Crippen LogP) is 2.81. The first-order chi connectivity index (χ1) is 13.3. The molecule has 3 rings (SSSR count). The van der Waals surface area contributed by atoms with E-state index in [1.165, 1.54) is 7.11 Å². The Balaban J connectivity index is 1.98. The maximum Gasteiger partial charge on any atom is 0.417 e. The van der Waals surface area contributed by atoms with Crippen molar-refractivity contribution in [2.24, 2.45) is 5.92 Å². The molecule has 0 amide bonds. The summed E-state index contributed by atoms with van der Waals surface area (Å²) in [7, 11) is -3.34. The molecular weight excluding hydrogens is 425 g/mol. The van der Waals surface area contributed by atoms with Crippen molar-refractivity contribution in [3.05, 3.63) is 23.8 Å². The van der Waals surface area contributed by atoms with E-state index < -0.39 is 68.7 Å². The lowest BCUT2D eigenvalue weighted by Crippen LogP contribution is -2.56. The number of anilines is 1. The summed E-state index contributed by atoms with van der Waals surface area (Å²) in [4.78, 5) is 11.3. The number of carbonyl (C=O) groups is 1. The smallest absolute Gasteiger partial charge is 0.417 e. The normalized spacial score (nSPS) is 27.0. The minimum atomic E-state index is -5.04. The number of alkyl halides is 5. The molecule has 0 spiro atoms. The van der Waals surface area contributed by atoms with Gasteiger partial charge in [0.2, 0.25) is 0 Å². The minimum absolute atomic E-state index is 0.160. The molecule has 29 heavy (non-hydrogen) atoms. The monoisotopic (exact) mass is 443 g/mol. The van der Waals surface area contributed by atoms with Crippen molar-refractivity contribution < 1.29 is 45.0 Å². The first-order valence-corrected chi connectivity index (χ1v) is 10.1. The average molecular weight is 443 g/mol. The van der Waals surface area contributed by atoms with Gasteiger partial charge in [0.15, 0.2) is 9.84 Å². The standard InChI is InChI=1S/C17H18F5NO5S/c1-28-13-6-10(5-11(13)15(24)25)29(26,27)14-3-2-9(4-12(14)17(20,21)22)23-7-16(18,19)8-23/h2-4,10-11,13H,5-8H2,1H3,(H,24,25)/t10-,11-,13-/m1/s1. The molecule has 1 aliphatic heterocycles. The lowest BCUT2D eigenvalue weighted by atomic mass is 10.1. The Morgan fingerprint density at radius 3 is 2.31 bits per heavy atom. The molecule has 2 fully saturated rings. The summed E-state index contributed by atoms with van der Waals surface area (Å²) in [6.45, 7) is -1.51. The van der Waals surface area contributed by atoms with Crippen LogP contribution in [-0.2, 0) is 25.5 Å². The number of sulfone groups is 1. The van der Waals surface area contributed by atoms with E-state index in [4.69, 9.17) is 4.74 Å². The molecule has 1 aromatic carbocycles. The predicted molar refractivity (Wildman–Crippen MR) is 90.7 cm³/mol. The molecule has 1 saturated carbocycles. The van der Waals surface area contributed by atoms with Crippen molar-refractivity contribution in [2.45, 2.75) is 41.2 Å². The second-order valence-corrected chi connectivity index (χ2v) is 9.44. The quantitative estimate of drug-likeness (QED) is 0.705. The highest BCUT2D eigenvalue weighted by molar-refractivity contribution is 7.92. The van der Waals surface area contributed by atoms with Crippen LogP contribution in [0.1, 0.15) is 18.4 Å².